The molecule has 104 valence electrons. The molecule has 5 N–H and O–H groups in total. The molecule has 7 heteroatoms. The lowest BCUT2D eigenvalue weighted by atomic mass is 9.96. The number of nitrogens with one attached hydrogen (secondary N) is 1. The van der Waals surface area contributed by atoms with Gasteiger partial charge in [0.1, 0.15) is 0 Å². The average Bonchev–Trinajstić information content (AvgIpc) is 2.18. The van der Waals surface area contributed by atoms with E-state index in [1.807, 2.05) is 6.92 Å². The molecule has 0 aromatic heterocycles. The van der Waals surface area contributed by atoms with E-state index in [1.165, 1.54) is 0 Å². The van der Waals surface area contributed by atoms with Crippen molar-refractivity contribution in [3.8, 4) is 0 Å². The predicted octanol–water partition coefficient (Wildman–Crippen LogP) is -0.696. The summed E-state index contributed by atoms with van der Waals surface area (Å²) in [5.41, 5.74) is 11.0. The first-order chi connectivity index (χ1) is 7.93. The molecule has 0 aliphatic carbocycles. The first-order valence-corrected chi connectivity index (χ1v) is 7.61. The summed E-state index contributed by atoms with van der Waals surface area (Å²) in [6.07, 6.45) is 0. The third kappa shape index (κ3) is 5.00. The Balaban J connectivity index is 0.000000318. The zero-order valence-corrected chi connectivity index (χ0v) is 12.5. The van der Waals surface area contributed by atoms with Crippen molar-refractivity contribution in [2.75, 3.05) is 34.4 Å². The minimum atomic E-state index is -2.52. The minimum Gasteiger partial charge on any atom is -0.376 e. The van der Waals surface area contributed by atoms with Crippen LogP contribution >= 0.6 is 0 Å². The van der Waals surface area contributed by atoms with Crippen molar-refractivity contribution >= 4 is 8.80 Å². The van der Waals surface area contributed by atoms with E-state index >= 15 is 0 Å². The Bertz CT molecular complexity index is 189. The molecule has 1 rings (SSSR count). The second-order valence-corrected chi connectivity index (χ2v) is 7.62. The van der Waals surface area contributed by atoms with Crippen LogP contribution in [0.4, 0.5) is 0 Å². The van der Waals surface area contributed by atoms with Gasteiger partial charge >= 0.3 is 8.80 Å². The summed E-state index contributed by atoms with van der Waals surface area (Å²) in [6, 6.07) is 0.390. The summed E-state index contributed by atoms with van der Waals surface area (Å²) in [4.78, 5) is 0. The fourth-order valence-corrected chi connectivity index (χ4v) is 3.11. The van der Waals surface area contributed by atoms with E-state index in [0.29, 0.717) is 6.04 Å². The van der Waals surface area contributed by atoms with Gasteiger partial charge in [-0.15, -0.1) is 0 Å². The van der Waals surface area contributed by atoms with Crippen LogP contribution < -0.4 is 16.8 Å². The molecule has 1 fully saturated rings. The molecular weight excluding hydrogens is 238 g/mol. The van der Waals surface area contributed by atoms with E-state index in [2.05, 4.69) is 12.2 Å². The Labute approximate surface area is 105 Å². The van der Waals surface area contributed by atoms with Crippen molar-refractivity contribution in [2.24, 2.45) is 17.4 Å². The van der Waals surface area contributed by atoms with Crippen LogP contribution in [0.5, 0.6) is 0 Å². The summed E-state index contributed by atoms with van der Waals surface area (Å²) in [6.45, 7) is 6.11. The van der Waals surface area contributed by atoms with Crippen molar-refractivity contribution in [2.45, 2.75) is 25.6 Å². The molecule has 0 radical (unpaired) electrons. The third-order valence-corrected chi connectivity index (χ3v) is 5.79. The maximum absolute atomic E-state index is 5.59. The van der Waals surface area contributed by atoms with Crippen molar-refractivity contribution < 1.29 is 13.3 Å². The van der Waals surface area contributed by atoms with E-state index in [9.17, 15) is 0 Å². The summed E-state index contributed by atoms with van der Waals surface area (Å²) in [7, 11) is 2.12. The normalized spacial score (nSPS) is 19.9. The highest BCUT2D eigenvalue weighted by molar-refractivity contribution is 6.62. The van der Waals surface area contributed by atoms with E-state index in [0.717, 1.165) is 19.0 Å². The number of rotatable bonds is 5. The second-order valence-electron chi connectivity index (χ2n) is 4.28. The van der Waals surface area contributed by atoms with Crippen molar-refractivity contribution in [1.29, 1.82) is 0 Å². The molecule has 1 aliphatic rings. The van der Waals surface area contributed by atoms with Gasteiger partial charge in [-0.1, -0.05) is 0 Å². The van der Waals surface area contributed by atoms with Gasteiger partial charge in [-0.05, 0) is 19.8 Å². The molecule has 0 aromatic rings. The Morgan fingerprint density at radius 3 is 1.47 bits per heavy atom. The van der Waals surface area contributed by atoms with Crippen molar-refractivity contribution in [3.05, 3.63) is 0 Å². The number of hydrogen-bond acceptors (Lipinski definition) is 6. The first-order valence-electron chi connectivity index (χ1n) is 5.80. The van der Waals surface area contributed by atoms with Gasteiger partial charge in [-0.2, -0.15) is 0 Å². The van der Waals surface area contributed by atoms with E-state index < -0.39 is 8.80 Å². The lowest BCUT2D eigenvalue weighted by Gasteiger charge is -2.30. The SMILES string of the molecule is CC(N)C1CNC1.CO[Si](OC)(OC)C(C)N. The Morgan fingerprint density at radius 1 is 1.06 bits per heavy atom. The number of hydrogen-bond donors (Lipinski definition) is 3. The highest BCUT2D eigenvalue weighted by atomic mass is 28.4. The molecule has 2 unspecified atom stereocenters. The van der Waals surface area contributed by atoms with Gasteiger partial charge in [-0.25, -0.2) is 0 Å². The van der Waals surface area contributed by atoms with Gasteiger partial charge in [0.15, 0.2) is 0 Å². The molecule has 0 amide bonds. The smallest absolute Gasteiger partial charge is 0.376 e. The van der Waals surface area contributed by atoms with E-state index in [1.54, 1.807) is 21.3 Å². The van der Waals surface area contributed by atoms with Crippen molar-refractivity contribution in [3.63, 3.8) is 0 Å². The second kappa shape index (κ2) is 8.14. The molecule has 1 heterocycles. The van der Waals surface area contributed by atoms with Gasteiger partial charge in [0, 0.05) is 40.5 Å². The molecule has 1 aliphatic heterocycles. The Morgan fingerprint density at radius 2 is 1.47 bits per heavy atom. The van der Waals surface area contributed by atoms with E-state index in [4.69, 9.17) is 24.7 Å². The molecule has 17 heavy (non-hydrogen) atoms. The fourth-order valence-electron chi connectivity index (χ4n) is 1.49. The highest BCUT2D eigenvalue weighted by Gasteiger charge is 2.42. The van der Waals surface area contributed by atoms with Crippen LogP contribution in [-0.4, -0.2) is 54.9 Å². The van der Waals surface area contributed by atoms with Gasteiger partial charge in [0.05, 0.1) is 5.67 Å². The fraction of sp³-hybridized carbons (Fsp3) is 1.00. The molecule has 0 aromatic carbocycles. The van der Waals surface area contributed by atoms with Crippen LogP contribution in [0.15, 0.2) is 0 Å². The van der Waals surface area contributed by atoms with Crippen LogP contribution in [0.1, 0.15) is 13.8 Å². The van der Waals surface area contributed by atoms with Gasteiger partial charge in [0.25, 0.3) is 0 Å². The topological polar surface area (TPSA) is 91.8 Å². The largest absolute Gasteiger partial charge is 0.517 e. The maximum atomic E-state index is 5.59. The minimum absolute atomic E-state index is 0.188. The van der Waals surface area contributed by atoms with Crippen LogP contribution in [0.2, 0.25) is 0 Å². The summed E-state index contributed by atoms with van der Waals surface area (Å²) >= 11 is 0. The molecule has 6 nitrogen and oxygen atoms in total. The van der Waals surface area contributed by atoms with Crippen LogP contribution in [0.3, 0.4) is 0 Å². The summed E-state index contributed by atoms with van der Waals surface area (Å²) in [5, 5.41) is 3.16. The lowest BCUT2D eigenvalue weighted by molar-refractivity contribution is 0.115. The molecule has 1 saturated heterocycles. The molecule has 0 saturated carbocycles. The van der Waals surface area contributed by atoms with Crippen LogP contribution in [-0.2, 0) is 13.3 Å². The molecule has 0 bridgehead atoms. The zero-order chi connectivity index (χ0) is 13.5. The maximum Gasteiger partial charge on any atom is 0.517 e. The van der Waals surface area contributed by atoms with E-state index in [-0.39, 0.29) is 5.67 Å². The summed E-state index contributed by atoms with van der Waals surface area (Å²) < 4.78 is 15.2. The number of nitrogens with two attached hydrogens (primary N) is 2. The molecule has 2 atom stereocenters. The molecule has 0 spiro atoms. The average molecular weight is 265 g/mol. The third-order valence-electron chi connectivity index (χ3n) is 2.97. The predicted molar refractivity (Wildman–Crippen MR) is 70.4 cm³/mol. The standard InChI is InChI=1S/C5H12N2.C5H15NO3Si/c1-4(6)5-2-7-3-5;1-5(6)10(7-2,8-3)9-4/h4-5,7H,2-3,6H2,1H3;5H,6H2,1-4H3. The van der Waals surface area contributed by atoms with Gasteiger partial charge in [-0.3, -0.25) is 0 Å². The monoisotopic (exact) mass is 265 g/mol. The lowest BCUT2D eigenvalue weighted by Crippen LogP contribution is -2.57. The quantitative estimate of drug-likeness (QED) is 0.570. The first kappa shape index (κ1) is 17.0. The van der Waals surface area contributed by atoms with Gasteiger partial charge < -0.3 is 30.1 Å². The summed E-state index contributed by atoms with van der Waals surface area (Å²) in [5.74, 6) is 0.750. The molecular formula is C10H27N3O3Si. The zero-order valence-electron chi connectivity index (χ0n) is 11.5. The van der Waals surface area contributed by atoms with Crippen molar-refractivity contribution in [1.82, 2.24) is 5.32 Å². The Hall–Kier alpha value is -0.0231. The van der Waals surface area contributed by atoms with Crippen LogP contribution in [0, 0.1) is 5.92 Å². The highest BCUT2D eigenvalue weighted by Crippen LogP contribution is 2.08. The van der Waals surface area contributed by atoms with Gasteiger partial charge in [0.2, 0.25) is 0 Å². The van der Waals surface area contributed by atoms with Crippen LogP contribution in [0.25, 0.3) is 0 Å². The Kier molecular flexibility index (Phi) is 8.13.